The Bertz CT molecular complexity index is 529. The van der Waals surface area contributed by atoms with Crippen LogP contribution in [0.1, 0.15) is 57.1 Å². The second-order valence-electron chi connectivity index (χ2n) is 6.63. The van der Waals surface area contributed by atoms with Crippen LogP contribution in [0.5, 0.6) is 5.75 Å². The number of hydrogen-bond acceptors (Lipinski definition) is 3. The van der Waals surface area contributed by atoms with Crippen LogP contribution < -0.4 is 10.1 Å². The molecule has 0 heterocycles. The standard InChI is InChI=1S/C18H26N2O/c1-13(2)17-8-7-16(11-14(17)3)21-10-9-18(4,12-19)20-15-5-6-15/h7-8,11,13,15,20H,5-6,9-10H2,1-4H3. The molecule has 0 aromatic heterocycles. The molecule has 1 unspecified atom stereocenters. The van der Waals surface area contributed by atoms with Crippen molar-refractivity contribution in [2.45, 2.75) is 64.5 Å². The predicted molar refractivity (Wildman–Crippen MR) is 85.6 cm³/mol. The minimum Gasteiger partial charge on any atom is -0.493 e. The third-order valence-electron chi connectivity index (χ3n) is 4.08. The van der Waals surface area contributed by atoms with Crippen LogP contribution >= 0.6 is 0 Å². The number of ether oxygens (including phenoxy) is 1. The maximum atomic E-state index is 9.33. The van der Waals surface area contributed by atoms with Crippen LogP contribution in [0.25, 0.3) is 0 Å². The van der Waals surface area contributed by atoms with E-state index in [4.69, 9.17) is 4.74 Å². The van der Waals surface area contributed by atoms with E-state index < -0.39 is 5.54 Å². The molecule has 1 saturated carbocycles. The Morgan fingerprint density at radius 2 is 2.14 bits per heavy atom. The van der Waals surface area contributed by atoms with E-state index in [1.807, 2.05) is 13.0 Å². The molecule has 2 rings (SSSR count). The van der Waals surface area contributed by atoms with Gasteiger partial charge in [0, 0.05) is 12.5 Å². The third-order valence-corrected chi connectivity index (χ3v) is 4.08. The quantitative estimate of drug-likeness (QED) is 0.826. The van der Waals surface area contributed by atoms with E-state index in [2.05, 4.69) is 44.3 Å². The van der Waals surface area contributed by atoms with Gasteiger partial charge in [-0.05, 0) is 55.9 Å². The second-order valence-corrected chi connectivity index (χ2v) is 6.63. The summed E-state index contributed by atoms with van der Waals surface area (Å²) in [4.78, 5) is 0. The Morgan fingerprint density at radius 1 is 1.43 bits per heavy atom. The summed E-state index contributed by atoms with van der Waals surface area (Å²) < 4.78 is 5.83. The topological polar surface area (TPSA) is 45.0 Å². The molecule has 1 N–H and O–H groups in total. The van der Waals surface area contributed by atoms with Gasteiger partial charge in [0.1, 0.15) is 11.3 Å². The summed E-state index contributed by atoms with van der Waals surface area (Å²) in [5.74, 6) is 1.42. The molecule has 1 atom stereocenters. The molecule has 3 heteroatoms. The largest absolute Gasteiger partial charge is 0.493 e. The summed E-state index contributed by atoms with van der Waals surface area (Å²) in [5, 5.41) is 12.7. The van der Waals surface area contributed by atoms with Crippen molar-refractivity contribution in [1.29, 1.82) is 5.26 Å². The van der Waals surface area contributed by atoms with Crippen molar-refractivity contribution in [3.63, 3.8) is 0 Å². The van der Waals surface area contributed by atoms with Crippen LogP contribution in [-0.4, -0.2) is 18.2 Å². The van der Waals surface area contributed by atoms with E-state index in [1.54, 1.807) is 0 Å². The van der Waals surface area contributed by atoms with Crippen molar-refractivity contribution in [2.75, 3.05) is 6.61 Å². The Kier molecular flexibility index (Phi) is 4.90. The second kappa shape index (κ2) is 6.49. The normalized spacial score (nSPS) is 17.3. The highest BCUT2D eigenvalue weighted by molar-refractivity contribution is 5.36. The highest BCUT2D eigenvalue weighted by Gasteiger charge is 2.32. The van der Waals surface area contributed by atoms with Gasteiger partial charge in [0.25, 0.3) is 0 Å². The molecule has 1 aromatic carbocycles. The third kappa shape index (κ3) is 4.47. The fourth-order valence-corrected chi connectivity index (χ4v) is 2.60. The van der Waals surface area contributed by atoms with Gasteiger partial charge in [-0.3, -0.25) is 5.32 Å². The first-order chi connectivity index (χ1) is 9.93. The Balaban J connectivity index is 1.88. The van der Waals surface area contributed by atoms with E-state index in [1.165, 1.54) is 24.0 Å². The van der Waals surface area contributed by atoms with Crippen molar-refractivity contribution >= 4 is 0 Å². The fourth-order valence-electron chi connectivity index (χ4n) is 2.60. The summed E-state index contributed by atoms with van der Waals surface area (Å²) in [5.41, 5.74) is 2.15. The van der Waals surface area contributed by atoms with E-state index in [-0.39, 0.29) is 0 Å². The first kappa shape index (κ1) is 15.9. The molecule has 1 aliphatic rings. The number of aryl methyl sites for hydroxylation is 1. The molecule has 114 valence electrons. The maximum absolute atomic E-state index is 9.33. The van der Waals surface area contributed by atoms with E-state index in [0.29, 0.717) is 25.0 Å². The van der Waals surface area contributed by atoms with Gasteiger partial charge in [0.15, 0.2) is 0 Å². The van der Waals surface area contributed by atoms with Gasteiger partial charge >= 0.3 is 0 Å². The lowest BCUT2D eigenvalue weighted by atomic mass is 9.98. The lowest BCUT2D eigenvalue weighted by Crippen LogP contribution is -2.43. The van der Waals surface area contributed by atoms with Crippen molar-refractivity contribution in [2.24, 2.45) is 0 Å². The zero-order valence-corrected chi connectivity index (χ0v) is 13.6. The van der Waals surface area contributed by atoms with Crippen LogP contribution in [-0.2, 0) is 0 Å². The number of rotatable bonds is 7. The minimum absolute atomic E-state index is 0.478. The van der Waals surface area contributed by atoms with Gasteiger partial charge in [-0.2, -0.15) is 5.26 Å². The zero-order valence-electron chi connectivity index (χ0n) is 13.6. The molecule has 0 saturated heterocycles. The molecule has 0 bridgehead atoms. The molecule has 0 amide bonds. The van der Waals surface area contributed by atoms with E-state index in [0.717, 1.165) is 5.75 Å². The van der Waals surface area contributed by atoms with Crippen LogP contribution in [0.2, 0.25) is 0 Å². The van der Waals surface area contributed by atoms with Crippen LogP contribution in [0.3, 0.4) is 0 Å². The first-order valence-electron chi connectivity index (χ1n) is 7.86. The number of nitriles is 1. The van der Waals surface area contributed by atoms with Gasteiger partial charge in [-0.25, -0.2) is 0 Å². The van der Waals surface area contributed by atoms with E-state index >= 15 is 0 Å². The van der Waals surface area contributed by atoms with Gasteiger partial charge in [-0.15, -0.1) is 0 Å². The molecule has 21 heavy (non-hydrogen) atoms. The maximum Gasteiger partial charge on any atom is 0.119 e. The Hall–Kier alpha value is -1.53. The highest BCUT2D eigenvalue weighted by Crippen LogP contribution is 2.25. The summed E-state index contributed by atoms with van der Waals surface area (Å²) in [7, 11) is 0. The summed E-state index contributed by atoms with van der Waals surface area (Å²) >= 11 is 0. The van der Waals surface area contributed by atoms with Gasteiger partial charge in [-0.1, -0.05) is 19.9 Å². The number of hydrogen-bond donors (Lipinski definition) is 1. The van der Waals surface area contributed by atoms with Crippen molar-refractivity contribution < 1.29 is 4.74 Å². The van der Waals surface area contributed by atoms with Gasteiger partial charge < -0.3 is 4.74 Å². The Morgan fingerprint density at radius 3 is 2.67 bits per heavy atom. The minimum atomic E-state index is -0.478. The number of nitrogens with one attached hydrogen (secondary N) is 1. The lowest BCUT2D eigenvalue weighted by Gasteiger charge is -2.23. The number of benzene rings is 1. The summed E-state index contributed by atoms with van der Waals surface area (Å²) in [6.45, 7) is 9.04. The highest BCUT2D eigenvalue weighted by atomic mass is 16.5. The Labute approximate surface area is 128 Å². The average molecular weight is 286 g/mol. The van der Waals surface area contributed by atoms with Crippen molar-refractivity contribution in [3.05, 3.63) is 29.3 Å². The van der Waals surface area contributed by atoms with Crippen LogP contribution in [0.4, 0.5) is 0 Å². The van der Waals surface area contributed by atoms with Gasteiger partial charge in [0.2, 0.25) is 0 Å². The van der Waals surface area contributed by atoms with Crippen LogP contribution in [0.15, 0.2) is 18.2 Å². The van der Waals surface area contributed by atoms with E-state index in [9.17, 15) is 5.26 Å². The SMILES string of the molecule is Cc1cc(OCCC(C)(C#N)NC2CC2)ccc1C(C)C. The summed E-state index contributed by atoms with van der Waals surface area (Å²) in [6.07, 6.45) is 3.08. The molecule has 0 aliphatic heterocycles. The molecular formula is C18H26N2O. The summed E-state index contributed by atoms with van der Waals surface area (Å²) in [6, 6.07) is 9.17. The molecule has 0 spiro atoms. The lowest BCUT2D eigenvalue weighted by molar-refractivity contribution is 0.266. The average Bonchev–Trinajstić information content (AvgIpc) is 3.22. The monoisotopic (exact) mass is 286 g/mol. The van der Waals surface area contributed by atoms with Crippen molar-refractivity contribution in [3.8, 4) is 11.8 Å². The molecule has 3 nitrogen and oxygen atoms in total. The van der Waals surface area contributed by atoms with Gasteiger partial charge in [0.05, 0.1) is 12.7 Å². The molecule has 1 aromatic rings. The van der Waals surface area contributed by atoms with Crippen LogP contribution in [0, 0.1) is 18.3 Å². The molecule has 1 aliphatic carbocycles. The molecule has 0 radical (unpaired) electrons. The first-order valence-corrected chi connectivity index (χ1v) is 7.86. The predicted octanol–water partition coefficient (Wildman–Crippen LogP) is 3.92. The fraction of sp³-hybridized carbons (Fsp3) is 0.611. The smallest absolute Gasteiger partial charge is 0.119 e. The number of nitrogens with zero attached hydrogens (tertiary/aromatic N) is 1. The molecule has 1 fully saturated rings. The zero-order chi connectivity index (χ0) is 15.5. The molecular weight excluding hydrogens is 260 g/mol. The van der Waals surface area contributed by atoms with Crippen molar-refractivity contribution in [1.82, 2.24) is 5.32 Å².